The third kappa shape index (κ3) is 1.63. The normalized spacial score (nSPS) is 10.4. The number of benzene rings is 2. The highest BCUT2D eigenvalue weighted by atomic mass is 19.1. The minimum absolute atomic E-state index is 0.142. The molecule has 0 N–H and O–H groups in total. The van der Waals surface area contributed by atoms with E-state index in [4.69, 9.17) is 0 Å². The molecule has 2 rings (SSSR count). The molecule has 2 aromatic rings. The summed E-state index contributed by atoms with van der Waals surface area (Å²) in [4.78, 5) is 11.8. The molecule has 0 saturated heterocycles. The number of carbonyl (C=O) groups is 1. The zero-order chi connectivity index (χ0) is 11.7. The summed E-state index contributed by atoms with van der Waals surface area (Å²) in [6.07, 6.45) is 0. The summed E-state index contributed by atoms with van der Waals surface area (Å²) < 4.78 is 13.5. The summed E-state index contributed by atoms with van der Waals surface area (Å²) in [5, 5.41) is 1.10. The molecule has 0 spiro atoms. The van der Waals surface area contributed by atoms with Gasteiger partial charge in [-0.25, -0.2) is 4.39 Å². The zero-order valence-corrected chi connectivity index (χ0v) is 8.96. The summed E-state index contributed by atoms with van der Waals surface area (Å²) in [5.41, 5.74) is 0.960. The quantitative estimate of drug-likeness (QED) is 0.549. The van der Waals surface area contributed by atoms with Gasteiger partial charge in [-0.05, 0) is 30.0 Å². The fourth-order valence-corrected chi connectivity index (χ4v) is 1.69. The largest absolute Gasteiger partial charge is 0.289 e. The summed E-state index contributed by atoms with van der Waals surface area (Å²) in [5.74, 6) is -0.454. The Morgan fingerprint density at radius 1 is 1.12 bits per heavy atom. The lowest BCUT2D eigenvalue weighted by Gasteiger charge is -2.06. The molecule has 2 aromatic carbocycles. The Kier molecular flexibility index (Phi) is 2.57. The molecule has 1 nitrogen and oxygen atoms in total. The molecule has 0 aromatic heterocycles. The van der Waals surface area contributed by atoms with Crippen LogP contribution in [0.5, 0.6) is 0 Å². The van der Waals surface area contributed by atoms with Crippen molar-refractivity contribution in [1.29, 1.82) is 0 Å². The van der Waals surface area contributed by atoms with Crippen LogP contribution in [0, 0.1) is 5.82 Å². The van der Waals surface area contributed by atoms with E-state index in [0.29, 0.717) is 21.9 Å². The van der Waals surface area contributed by atoms with Gasteiger partial charge in [0.05, 0.1) is 0 Å². The molecule has 0 aliphatic carbocycles. The number of allylic oxidation sites excluding steroid dienone is 1. The maximum atomic E-state index is 13.5. The summed E-state index contributed by atoms with van der Waals surface area (Å²) in [7, 11) is 0. The second-order valence-corrected chi connectivity index (χ2v) is 3.75. The summed E-state index contributed by atoms with van der Waals surface area (Å²) in [6, 6.07) is 9.78. The molecule has 0 aliphatic heterocycles. The van der Waals surface area contributed by atoms with Crippen molar-refractivity contribution in [2.45, 2.75) is 6.92 Å². The van der Waals surface area contributed by atoms with E-state index in [0.717, 1.165) is 0 Å². The highest BCUT2D eigenvalue weighted by Gasteiger charge is 2.12. The van der Waals surface area contributed by atoms with Gasteiger partial charge in [-0.1, -0.05) is 30.8 Å². The number of rotatable bonds is 2. The van der Waals surface area contributed by atoms with Crippen LogP contribution in [0.2, 0.25) is 0 Å². The minimum atomic E-state index is -0.311. The number of Topliss-reactive ketones (excluding diaryl/α,β-unsaturated/α-hetero) is 1. The lowest BCUT2D eigenvalue weighted by Crippen LogP contribution is -2.01. The lowest BCUT2D eigenvalue weighted by atomic mass is 9.98. The van der Waals surface area contributed by atoms with Crippen molar-refractivity contribution in [3.8, 4) is 0 Å². The van der Waals surface area contributed by atoms with Gasteiger partial charge in [0.1, 0.15) is 5.82 Å². The molecule has 0 radical (unpaired) electrons. The molecule has 0 atom stereocenters. The first-order valence-electron chi connectivity index (χ1n) is 4.98. The Bertz CT molecular complexity index is 584. The SMILES string of the molecule is C=C(C)C(=O)c1ccc(F)c2ccccc12. The lowest BCUT2D eigenvalue weighted by molar-refractivity contribution is 0.103. The molecule has 0 heterocycles. The van der Waals surface area contributed by atoms with Crippen molar-refractivity contribution in [3.63, 3.8) is 0 Å². The molecule has 16 heavy (non-hydrogen) atoms. The fourth-order valence-electron chi connectivity index (χ4n) is 1.69. The predicted molar refractivity (Wildman–Crippen MR) is 63.1 cm³/mol. The highest BCUT2D eigenvalue weighted by molar-refractivity contribution is 6.15. The third-order valence-corrected chi connectivity index (χ3v) is 2.50. The monoisotopic (exact) mass is 214 g/mol. The van der Waals surface area contributed by atoms with Gasteiger partial charge in [0, 0.05) is 10.9 Å². The van der Waals surface area contributed by atoms with Crippen LogP contribution in [0.4, 0.5) is 4.39 Å². The smallest absolute Gasteiger partial charge is 0.188 e. The molecular weight excluding hydrogens is 203 g/mol. The van der Waals surface area contributed by atoms with E-state index in [1.165, 1.54) is 12.1 Å². The van der Waals surface area contributed by atoms with Gasteiger partial charge < -0.3 is 0 Å². The topological polar surface area (TPSA) is 17.1 Å². The maximum Gasteiger partial charge on any atom is 0.188 e. The van der Waals surface area contributed by atoms with Gasteiger partial charge in [0.25, 0.3) is 0 Å². The van der Waals surface area contributed by atoms with E-state index in [1.54, 1.807) is 31.2 Å². The van der Waals surface area contributed by atoms with Gasteiger partial charge in [0.15, 0.2) is 5.78 Å². The number of ketones is 1. The molecule has 80 valence electrons. The van der Waals surface area contributed by atoms with E-state index in [-0.39, 0.29) is 11.6 Å². The second kappa shape index (κ2) is 3.89. The first-order valence-corrected chi connectivity index (χ1v) is 4.98. The number of carbonyl (C=O) groups excluding carboxylic acids is 1. The van der Waals surface area contributed by atoms with Crippen LogP contribution in [0.15, 0.2) is 48.6 Å². The van der Waals surface area contributed by atoms with Crippen LogP contribution < -0.4 is 0 Å². The molecular formula is C14H11FO. The minimum Gasteiger partial charge on any atom is -0.289 e. The van der Waals surface area contributed by atoms with E-state index in [9.17, 15) is 9.18 Å². The Morgan fingerprint density at radius 3 is 2.38 bits per heavy atom. The predicted octanol–water partition coefficient (Wildman–Crippen LogP) is 3.74. The van der Waals surface area contributed by atoms with Gasteiger partial charge >= 0.3 is 0 Å². The van der Waals surface area contributed by atoms with E-state index in [1.807, 2.05) is 0 Å². The van der Waals surface area contributed by atoms with Crippen LogP contribution in [0.25, 0.3) is 10.8 Å². The van der Waals surface area contributed by atoms with Crippen LogP contribution in [-0.4, -0.2) is 5.78 Å². The maximum absolute atomic E-state index is 13.5. The van der Waals surface area contributed by atoms with Gasteiger partial charge in [-0.2, -0.15) is 0 Å². The van der Waals surface area contributed by atoms with E-state index >= 15 is 0 Å². The fraction of sp³-hybridized carbons (Fsp3) is 0.0714. The Balaban J connectivity index is 2.77. The zero-order valence-electron chi connectivity index (χ0n) is 8.96. The Hall–Kier alpha value is -1.96. The van der Waals surface area contributed by atoms with Crippen LogP contribution in [0.3, 0.4) is 0 Å². The summed E-state index contributed by atoms with van der Waals surface area (Å²) >= 11 is 0. The number of fused-ring (bicyclic) bond motifs is 1. The molecule has 0 saturated carbocycles. The number of hydrogen-bond donors (Lipinski definition) is 0. The van der Waals surface area contributed by atoms with Gasteiger partial charge in [0.2, 0.25) is 0 Å². The van der Waals surface area contributed by atoms with Crippen LogP contribution in [-0.2, 0) is 0 Å². The van der Waals surface area contributed by atoms with E-state index in [2.05, 4.69) is 6.58 Å². The number of hydrogen-bond acceptors (Lipinski definition) is 1. The van der Waals surface area contributed by atoms with Crippen molar-refractivity contribution in [1.82, 2.24) is 0 Å². The van der Waals surface area contributed by atoms with Gasteiger partial charge in [-0.3, -0.25) is 4.79 Å². The molecule has 0 amide bonds. The van der Waals surface area contributed by atoms with Crippen molar-refractivity contribution < 1.29 is 9.18 Å². The van der Waals surface area contributed by atoms with Crippen LogP contribution >= 0.6 is 0 Å². The van der Waals surface area contributed by atoms with E-state index < -0.39 is 0 Å². The van der Waals surface area contributed by atoms with Crippen molar-refractivity contribution in [2.75, 3.05) is 0 Å². The van der Waals surface area contributed by atoms with Crippen molar-refractivity contribution >= 4 is 16.6 Å². The standard InChI is InChI=1S/C14H11FO/c1-9(2)14(16)12-7-8-13(15)11-6-4-3-5-10(11)12/h3-8H,1H2,2H3. The number of halogens is 1. The first kappa shape index (κ1) is 10.6. The molecule has 2 heteroatoms. The Labute approximate surface area is 93.2 Å². The molecule has 0 fully saturated rings. The van der Waals surface area contributed by atoms with Crippen molar-refractivity contribution in [3.05, 3.63) is 59.9 Å². The summed E-state index contributed by atoms with van der Waals surface area (Å²) in [6.45, 7) is 5.27. The second-order valence-electron chi connectivity index (χ2n) is 3.75. The Morgan fingerprint density at radius 2 is 1.75 bits per heavy atom. The highest BCUT2D eigenvalue weighted by Crippen LogP contribution is 2.23. The molecule has 0 bridgehead atoms. The molecule has 0 aliphatic rings. The third-order valence-electron chi connectivity index (χ3n) is 2.50. The molecule has 0 unspecified atom stereocenters. The average Bonchev–Trinajstić information content (AvgIpc) is 2.29. The van der Waals surface area contributed by atoms with Gasteiger partial charge in [-0.15, -0.1) is 0 Å². The van der Waals surface area contributed by atoms with Crippen molar-refractivity contribution in [2.24, 2.45) is 0 Å². The van der Waals surface area contributed by atoms with Crippen LogP contribution in [0.1, 0.15) is 17.3 Å². The average molecular weight is 214 g/mol. The first-order chi connectivity index (χ1) is 7.61.